The standard InChI is InChI=1S/C15H28F3N5O4S.HI/c1-22(2)13(24)11-21-14(19-6-9-27-3)20-10-12-4-7-23(8-5-12)28(25,26)15(16,17)18;/h12H,4-11H2,1-3H3,(H2,19,20,21);1H. The highest BCUT2D eigenvalue weighted by Gasteiger charge is 2.50. The Kier molecular flexibility index (Phi) is 12.4. The van der Waals surface area contributed by atoms with Gasteiger partial charge < -0.3 is 20.3 Å². The molecule has 0 aliphatic carbocycles. The van der Waals surface area contributed by atoms with E-state index in [0.717, 1.165) is 0 Å². The van der Waals surface area contributed by atoms with Crippen molar-refractivity contribution in [2.75, 3.05) is 60.5 Å². The number of nitrogens with zero attached hydrogens (tertiary/aromatic N) is 3. The predicted molar refractivity (Wildman–Crippen MR) is 114 cm³/mol. The molecular weight excluding hydrogens is 530 g/mol. The Morgan fingerprint density at radius 1 is 1.24 bits per heavy atom. The first-order valence-corrected chi connectivity index (χ1v) is 10.2. The molecule has 9 nitrogen and oxygen atoms in total. The van der Waals surface area contributed by atoms with Gasteiger partial charge in [0.2, 0.25) is 5.91 Å². The van der Waals surface area contributed by atoms with Crippen molar-refractivity contribution in [1.82, 2.24) is 19.8 Å². The lowest BCUT2D eigenvalue weighted by molar-refractivity contribution is -0.127. The number of piperidine rings is 1. The average molecular weight is 559 g/mol. The van der Waals surface area contributed by atoms with Crippen molar-refractivity contribution in [3.63, 3.8) is 0 Å². The second kappa shape index (κ2) is 12.7. The zero-order valence-electron chi connectivity index (χ0n) is 16.7. The Morgan fingerprint density at radius 3 is 2.31 bits per heavy atom. The van der Waals surface area contributed by atoms with E-state index in [9.17, 15) is 26.4 Å². The number of methoxy groups -OCH3 is 1. The Morgan fingerprint density at radius 2 is 1.83 bits per heavy atom. The fourth-order valence-corrected chi connectivity index (χ4v) is 3.46. The quantitative estimate of drug-likeness (QED) is 0.194. The highest BCUT2D eigenvalue weighted by Crippen LogP contribution is 2.30. The Hall–Kier alpha value is -0.870. The molecule has 1 aliphatic heterocycles. The zero-order valence-corrected chi connectivity index (χ0v) is 19.8. The number of likely N-dealkylation sites (N-methyl/N-ethyl adjacent to an activating group) is 1. The molecule has 29 heavy (non-hydrogen) atoms. The van der Waals surface area contributed by atoms with Gasteiger partial charge in [0.15, 0.2) is 5.96 Å². The zero-order chi connectivity index (χ0) is 21.4. The molecule has 0 aromatic rings. The van der Waals surface area contributed by atoms with Gasteiger partial charge in [0.05, 0.1) is 6.61 Å². The number of carbonyl (C=O) groups excluding carboxylic acids is 1. The van der Waals surface area contributed by atoms with Gasteiger partial charge >= 0.3 is 15.5 Å². The molecule has 0 bridgehead atoms. The van der Waals surface area contributed by atoms with Crippen LogP contribution < -0.4 is 10.6 Å². The van der Waals surface area contributed by atoms with Crippen molar-refractivity contribution in [2.24, 2.45) is 10.9 Å². The number of ether oxygens (including phenoxy) is 1. The lowest BCUT2D eigenvalue weighted by Crippen LogP contribution is -2.47. The second-order valence-electron chi connectivity index (χ2n) is 6.55. The van der Waals surface area contributed by atoms with Crippen LogP contribution in [0, 0.1) is 5.92 Å². The second-order valence-corrected chi connectivity index (χ2v) is 8.48. The minimum Gasteiger partial charge on any atom is -0.383 e. The lowest BCUT2D eigenvalue weighted by atomic mass is 9.98. The monoisotopic (exact) mass is 559 g/mol. The topological polar surface area (TPSA) is 103 Å². The van der Waals surface area contributed by atoms with Crippen molar-refractivity contribution in [2.45, 2.75) is 18.3 Å². The molecule has 1 saturated heterocycles. The molecular formula is C15H29F3IN5O4S. The van der Waals surface area contributed by atoms with E-state index in [1.165, 1.54) is 4.90 Å². The average Bonchev–Trinajstić information content (AvgIpc) is 2.62. The van der Waals surface area contributed by atoms with Crippen molar-refractivity contribution in [3.8, 4) is 0 Å². The van der Waals surface area contributed by atoms with Gasteiger partial charge in [-0.25, -0.2) is 13.4 Å². The Labute approximate surface area is 186 Å². The molecule has 0 radical (unpaired) electrons. The fourth-order valence-electron chi connectivity index (χ4n) is 2.48. The van der Waals surface area contributed by atoms with Gasteiger partial charge in [0.25, 0.3) is 0 Å². The molecule has 2 N–H and O–H groups in total. The molecule has 0 aromatic carbocycles. The third kappa shape index (κ3) is 9.21. The number of hydrogen-bond acceptors (Lipinski definition) is 5. The van der Waals surface area contributed by atoms with Crippen LogP contribution in [-0.2, 0) is 19.6 Å². The number of alkyl halides is 3. The summed E-state index contributed by atoms with van der Waals surface area (Å²) in [5.74, 6) is 0.190. The van der Waals surface area contributed by atoms with E-state index < -0.39 is 15.5 Å². The van der Waals surface area contributed by atoms with E-state index in [2.05, 4.69) is 15.6 Å². The van der Waals surface area contributed by atoms with Gasteiger partial charge in [-0.3, -0.25) is 4.79 Å². The summed E-state index contributed by atoms with van der Waals surface area (Å²) in [6, 6.07) is 0. The van der Waals surface area contributed by atoms with Crippen LogP contribution in [0.1, 0.15) is 12.8 Å². The summed E-state index contributed by atoms with van der Waals surface area (Å²) in [5.41, 5.74) is -5.28. The highest BCUT2D eigenvalue weighted by atomic mass is 127. The SMILES string of the molecule is COCCNC(=NCC(=O)N(C)C)NCC1CCN(S(=O)(=O)C(F)(F)F)CC1.I. The molecule has 1 aliphatic rings. The summed E-state index contributed by atoms with van der Waals surface area (Å²) < 4.78 is 66.2. The third-order valence-electron chi connectivity index (χ3n) is 4.23. The Bertz CT molecular complexity index is 638. The van der Waals surface area contributed by atoms with E-state index in [1.54, 1.807) is 21.2 Å². The van der Waals surface area contributed by atoms with Gasteiger partial charge in [-0.15, -0.1) is 24.0 Å². The van der Waals surface area contributed by atoms with E-state index >= 15 is 0 Å². The van der Waals surface area contributed by atoms with Crippen molar-refractivity contribution in [1.29, 1.82) is 0 Å². The van der Waals surface area contributed by atoms with Crippen LogP contribution in [0.15, 0.2) is 4.99 Å². The van der Waals surface area contributed by atoms with Gasteiger partial charge in [-0.05, 0) is 18.8 Å². The van der Waals surface area contributed by atoms with Crippen LogP contribution in [0.3, 0.4) is 0 Å². The van der Waals surface area contributed by atoms with Gasteiger partial charge in [-0.1, -0.05) is 0 Å². The summed E-state index contributed by atoms with van der Waals surface area (Å²) in [7, 11) is -0.494. The molecule has 14 heteroatoms. The smallest absolute Gasteiger partial charge is 0.383 e. The van der Waals surface area contributed by atoms with E-state index in [-0.39, 0.29) is 55.4 Å². The number of amides is 1. The first-order valence-electron chi connectivity index (χ1n) is 8.76. The van der Waals surface area contributed by atoms with Crippen molar-refractivity contribution >= 4 is 45.9 Å². The van der Waals surface area contributed by atoms with Crippen LogP contribution in [0.4, 0.5) is 13.2 Å². The number of rotatable bonds is 8. The Balaban J connectivity index is 0.00000784. The molecule has 0 aromatic heterocycles. The maximum Gasteiger partial charge on any atom is 0.511 e. The predicted octanol–water partition coefficient (Wildman–Crippen LogP) is 0.436. The number of sulfonamides is 1. The minimum atomic E-state index is -5.28. The van der Waals surface area contributed by atoms with Gasteiger partial charge in [0, 0.05) is 47.4 Å². The fraction of sp³-hybridized carbons (Fsp3) is 0.867. The summed E-state index contributed by atoms with van der Waals surface area (Å²) in [6.07, 6.45) is 0.592. The summed E-state index contributed by atoms with van der Waals surface area (Å²) >= 11 is 0. The lowest BCUT2D eigenvalue weighted by Gasteiger charge is -2.31. The molecule has 1 rings (SSSR count). The van der Waals surface area contributed by atoms with Crippen LogP contribution >= 0.6 is 24.0 Å². The maximum absolute atomic E-state index is 12.6. The summed E-state index contributed by atoms with van der Waals surface area (Å²) in [6.45, 7) is 0.858. The molecule has 1 fully saturated rings. The highest BCUT2D eigenvalue weighted by molar-refractivity contribution is 14.0. The number of aliphatic imine (C=N–C) groups is 1. The molecule has 1 heterocycles. The number of guanidine groups is 1. The molecule has 172 valence electrons. The van der Waals surface area contributed by atoms with E-state index in [4.69, 9.17) is 4.74 Å². The van der Waals surface area contributed by atoms with Crippen molar-refractivity contribution < 1.29 is 31.1 Å². The first-order chi connectivity index (χ1) is 13.0. The third-order valence-corrected chi connectivity index (χ3v) is 5.86. The van der Waals surface area contributed by atoms with Gasteiger partial charge in [0.1, 0.15) is 6.54 Å². The summed E-state index contributed by atoms with van der Waals surface area (Å²) in [4.78, 5) is 17.3. The van der Waals surface area contributed by atoms with Crippen LogP contribution in [0.25, 0.3) is 0 Å². The van der Waals surface area contributed by atoms with E-state index in [0.29, 0.717) is 42.8 Å². The van der Waals surface area contributed by atoms with Crippen molar-refractivity contribution in [3.05, 3.63) is 0 Å². The number of hydrogen-bond donors (Lipinski definition) is 2. The number of nitrogens with one attached hydrogen (secondary N) is 2. The number of halogens is 4. The molecule has 1 amide bonds. The molecule has 0 spiro atoms. The van der Waals surface area contributed by atoms with Gasteiger partial charge in [-0.2, -0.15) is 17.5 Å². The molecule has 0 unspecified atom stereocenters. The van der Waals surface area contributed by atoms with Crippen LogP contribution in [-0.4, -0.2) is 95.5 Å². The number of carbonyl (C=O) groups is 1. The van der Waals surface area contributed by atoms with Crippen LogP contribution in [0.5, 0.6) is 0 Å². The normalized spacial score (nSPS) is 16.8. The molecule has 0 atom stereocenters. The first kappa shape index (κ1) is 28.1. The molecule has 0 saturated carbocycles. The van der Waals surface area contributed by atoms with Crippen LogP contribution in [0.2, 0.25) is 0 Å². The van der Waals surface area contributed by atoms with E-state index in [1.807, 2.05) is 0 Å². The largest absolute Gasteiger partial charge is 0.511 e. The maximum atomic E-state index is 12.6. The minimum absolute atomic E-state index is 0. The summed E-state index contributed by atoms with van der Waals surface area (Å²) in [5, 5.41) is 6.04.